The molecule has 0 bridgehead atoms. The molecule has 0 atom stereocenters. The molecule has 1 saturated carbocycles. The summed E-state index contributed by atoms with van der Waals surface area (Å²) in [7, 11) is 1.60. The van der Waals surface area contributed by atoms with Crippen LogP contribution in [0.5, 0.6) is 17.2 Å². The summed E-state index contributed by atoms with van der Waals surface area (Å²) in [6.07, 6.45) is 3.80. The Labute approximate surface area is 182 Å². The van der Waals surface area contributed by atoms with E-state index in [0.29, 0.717) is 41.1 Å². The molecule has 0 amide bonds. The summed E-state index contributed by atoms with van der Waals surface area (Å²) in [5.41, 5.74) is 2.19. The minimum absolute atomic E-state index is 0.00496. The second kappa shape index (κ2) is 8.41. The Bertz CT molecular complexity index is 1260. The Kier molecular flexibility index (Phi) is 5.30. The molecule has 32 heavy (non-hydrogen) atoms. The fourth-order valence-electron chi connectivity index (χ4n) is 3.36. The van der Waals surface area contributed by atoms with E-state index < -0.39 is 6.61 Å². The molecule has 4 aromatic rings. The van der Waals surface area contributed by atoms with E-state index in [1.807, 2.05) is 24.3 Å². The molecule has 0 saturated heterocycles. The van der Waals surface area contributed by atoms with Gasteiger partial charge in [-0.2, -0.15) is 18.3 Å². The molecule has 0 unspecified atom stereocenters. The summed E-state index contributed by atoms with van der Waals surface area (Å²) in [5.74, 6) is 2.34. The fraction of sp³-hybridized carbons (Fsp3) is 0.261. The molecule has 9 heteroatoms. The average molecular weight is 438 g/mol. The van der Waals surface area contributed by atoms with Crippen molar-refractivity contribution in [3.63, 3.8) is 0 Å². The van der Waals surface area contributed by atoms with Gasteiger partial charge in [0.05, 0.1) is 19.4 Å². The van der Waals surface area contributed by atoms with Crippen molar-refractivity contribution < 1.29 is 23.0 Å². The van der Waals surface area contributed by atoms with E-state index >= 15 is 0 Å². The normalized spacial score (nSPS) is 13.5. The standard InChI is InChI=1S/C23H20F2N4O3/c1-30-17-4-2-3-16(11-17)21-27-23-26-10-9-18(29(23)28-21)15-7-8-19(32-22(24)25)20(12-15)31-13-14-5-6-14/h2-4,7-12,14,22H,5-6,13H2,1H3. The Balaban J connectivity index is 1.54. The van der Waals surface area contributed by atoms with E-state index in [1.54, 1.807) is 36.0 Å². The zero-order valence-corrected chi connectivity index (χ0v) is 17.2. The molecule has 2 aromatic heterocycles. The van der Waals surface area contributed by atoms with Crippen molar-refractivity contribution in [3.05, 3.63) is 54.7 Å². The molecule has 1 fully saturated rings. The lowest BCUT2D eigenvalue weighted by atomic mass is 10.1. The first-order valence-electron chi connectivity index (χ1n) is 10.2. The van der Waals surface area contributed by atoms with Crippen LogP contribution in [0.25, 0.3) is 28.4 Å². The predicted molar refractivity (Wildman–Crippen MR) is 113 cm³/mol. The molecule has 0 aliphatic heterocycles. The largest absolute Gasteiger partial charge is 0.497 e. The van der Waals surface area contributed by atoms with Crippen molar-refractivity contribution in [2.45, 2.75) is 19.5 Å². The summed E-state index contributed by atoms with van der Waals surface area (Å²) < 4.78 is 43.0. The highest BCUT2D eigenvalue weighted by atomic mass is 19.3. The van der Waals surface area contributed by atoms with Gasteiger partial charge >= 0.3 is 6.61 Å². The number of methoxy groups -OCH3 is 1. The van der Waals surface area contributed by atoms with E-state index in [1.165, 1.54) is 6.07 Å². The molecule has 2 heterocycles. The molecular formula is C23H20F2N4O3. The first-order valence-corrected chi connectivity index (χ1v) is 10.2. The highest BCUT2D eigenvalue weighted by Crippen LogP contribution is 2.36. The maximum absolute atomic E-state index is 12.8. The maximum Gasteiger partial charge on any atom is 0.387 e. The van der Waals surface area contributed by atoms with Crippen LogP contribution in [0.3, 0.4) is 0 Å². The van der Waals surface area contributed by atoms with E-state index in [2.05, 4.69) is 19.8 Å². The summed E-state index contributed by atoms with van der Waals surface area (Å²) in [4.78, 5) is 8.83. The van der Waals surface area contributed by atoms with Gasteiger partial charge in [0.15, 0.2) is 17.3 Å². The van der Waals surface area contributed by atoms with Crippen molar-refractivity contribution in [2.75, 3.05) is 13.7 Å². The zero-order valence-electron chi connectivity index (χ0n) is 17.2. The summed E-state index contributed by atoms with van der Waals surface area (Å²) >= 11 is 0. The molecule has 0 spiro atoms. The van der Waals surface area contributed by atoms with E-state index in [9.17, 15) is 8.78 Å². The monoisotopic (exact) mass is 438 g/mol. The van der Waals surface area contributed by atoms with Crippen LogP contribution in [-0.4, -0.2) is 39.9 Å². The highest BCUT2D eigenvalue weighted by molar-refractivity contribution is 5.67. The number of fused-ring (bicyclic) bond motifs is 1. The van der Waals surface area contributed by atoms with Gasteiger partial charge in [-0.25, -0.2) is 4.98 Å². The van der Waals surface area contributed by atoms with E-state index in [0.717, 1.165) is 18.4 Å². The summed E-state index contributed by atoms with van der Waals surface area (Å²) in [6, 6.07) is 14.1. The third-order valence-corrected chi connectivity index (χ3v) is 5.20. The number of hydrogen-bond donors (Lipinski definition) is 0. The smallest absolute Gasteiger partial charge is 0.387 e. The molecule has 164 valence electrons. The lowest BCUT2D eigenvalue weighted by Gasteiger charge is -2.14. The first-order chi connectivity index (χ1) is 15.6. The quantitative estimate of drug-likeness (QED) is 0.391. The van der Waals surface area contributed by atoms with Gasteiger partial charge in [-0.15, -0.1) is 5.10 Å². The SMILES string of the molecule is COc1cccc(-c2nc3nccc(-c4ccc(OC(F)F)c(OCC5CC5)c4)n3n2)c1. The Morgan fingerprint density at radius 2 is 1.94 bits per heavy atom. The number of benzene rings is 2. The van der Waals surface area contributed by atoms with E-state index in [4.69, 9.17) is 9.47 Å². The molecule has 5 rings (SSSR count). The fourth-order valence-corrected chi connectivity index (χ4v) is 3.36. The Morgan fingerprint density at radius 3 is 2.72 bits per heavy atom. The molecule has 0 N–H and O–H groups in total. The van der Waals surface area contributed by atoms with Crippen LogP contribution in [-0.2, 0) is 0 Å². The first kappa shape index (κ1) is 20.2. The van der Waals surface area contributed by atoms with E-state index in [-0.39, 0.29) is 11.5 Å². The average Bonchev–Trinajstić information content (AvgIpc) is 3.53. The van der Waals surface area contributed by atoms with Gasteiger partial charge in [0.2, 0.25) is 0 Å². The van der Waals surface area contributed by atoms with Crippen LogP contribution in [0.4, 0.5) is 8.78 Å². The Hall–Kier alpha value is -3.75. The molecular weight excluding hydrogens is 418 g/mol. The third-order valence-electron chi connectivity index (χ3n) is 5.20. The lowest BCUT2D eigenvalue weighted by Crippen LogP contribution is -2.06. The number of nitrogens with zero attached hydrogens (tertiary/aromatic N) is 4. The van der Waals surface area contributed by atoms with Gasteiger partial charge < -0.3 is 14.2 Å². The predicted octanol–water partition coefficient (Wildman–Crippen LogP) is 4.86. The maximum atomic E-state index is 12.8. The zero-order chi connectivity index (χ0) is 22.1. The second-order valence-electron chi connectivity index (χ2n) is 7.50. The van der Waals surface area contributed by atoms with Crippen LogP contribution in [0.1, 0.15) is 12.8 Å². The van der Waals surface area contributed by atoms with Crippen molar-refractivity contribution in [1.29, 1.82) is 0 Å². The van der Waals surface area contributed by atoms with Gasteiger partial charge in [0.25, 0.3) is 5.78 Å². The highest BCUT2D eigenvalue weighted by Gasteiger charge is 2.23. The minimum atomic E-state index is -2.93. The molecule has 1 aliphatic rings. The molecule has 7 nitrogen and oxygen atoms in total. The third kappa shape index (κ3) is 4.18. The van der Waals surface area contributed by atoms with Gasteiger partial charge in [-0.1, -0.05) is 12.1 Å². The second-order valence-corrected chi connectivity index (χ2v) is 7.50. The summed E-state index contributed by atoms with van der Waals surface area (Å²) in [5, 5.41) is 4.61. The molecule has 0 radical (unpaired) electrons. The Morgan fingerprint density at radius 1 is 1.06 bits per heavy atom. The van der Waals surface area contributed by atoms with Crippen molar-refractivity contribution in [2.24, 2.45) is 5.92 Å². The molecule has 2 aromatic carbocycles. The van der Waals surface area contributed by atoms with Crippen LogP contribution < -0.4 is 14.2 Å². The molecule has 1 aliphatic carbocycles. The van der Waals surface area contributed by atoms with Crippen molar-refractivity contribution in [1.82, 2.24) is 19.6 Å². The lowest BCUT2D eigenvalue weighted by molar-refractivity contribution is -0.0515. The van der Waals surface area contributed by atoms with Gasteiger partial charge in [-0.05, 0) is 55.2 Å². The number of halogens is 2. The van der Waals surface area contributed by atoms with Crippen LogP contribution in [0, 0.1) is 5.92 Å². The number of hydrogen-bond acceptors (Lipinski definition) is 6. The van der Waals surface area contributed by atoms with Crippen LogP contribution in [0.15, 0.2) is 54.7 Å². The van der Waals surface area contributed by atoms with Gasteiger partial charge in [0, 0.05) is 17.3 Å². The van der Waals surface area contributed by atoms with Gasteiger partial charge in [-0.3, -0.25) is 0 Å². The number of alkyl halides is 2. The van der Waals surface area contributed by atoms with Crippen LogP contribution in [0.2, 0.25) is 0 Å². The van der Waals surface area contributed by atoms with Crippen LogP contribution >= 0.6 is 0 Å². The number of aromatic nitrogens is 4. The summed E-state index contributed by atoms with van der Waals surface area (Å²) in [6.45, 7) is -2.46. The van der Waals surface area contributed by atoms with Crippen molar-refractivity contribution in [3.8, 4) is 39.9 Å². The number of ether oxygens (including phenoxy) is 3. The van der Waals surface area contributed by atoms with Crippen molar-refractivity contribution >= 4 is 5.78 Å². The number of rotatable bonds is 8. The topological polar surface area (TPSA) is 70.8 Å². The van der Waals surface area contributed by atoms with Gasteiger partial charge in [0.1, 0.15) is 5.75 Å². The minimum Gasteiger partial charge on any atom is -0.497 e.